The van der Waals surface area contributed by atoms with Gasteiger partial charge in [-0.3, -0.25) is 4.79 Å². The lowest BCUT2D eigenvalue weighted by Crippen LogP contribution is -2.35. The Morgan fingerprint density at radius 3 is 2.62 bits per heavy atom. The Kier molecular flexibility index (Phi) is 5.08. The second kappa shape index (κ2) is 7.28. The standard InChI is InChI=1S/C17H19N3O5S/c21-16(13-5-8-26(24,25)9-6-13)18-11-12-2-1-3-14(10-12)20-7-4-15(19-20)17(22)23/h1-4,7,10,13H,5-6,8-9,11H2,(H,18,21)(H,22,23). The third-order valence-electron chi connectivity index (χ3n) is 4.38. The molecule has 1 aromatic heterocycles. The molecular weight excluding hydrogens is 358 g/mol. The van der Waals surface area contributed by atoms with Gasteiger partial charge < -0.3 is 10.4 Å². The smallest absolute Gasteiger partial charge is 0.356 e. The molecule has 8 nitrogen and oxygen atoms in total. The Morgan fingerprint density at radius 2 is 1.96 bits per heavy atom. The van der Waals surface area contributed by atoms with E-state index in [2.05, 4.69) is 10.4 Å². The second-order valence-corrected chi connectivity index (χ2v) is 8.57. The molecule has 1 fully saturated rings. The van der Waals surface area contributed by atoms with E-state index >= 15 is 0 Å². The molecule has 1 aliphatic heterocycles. The number of aromatic nitrogens is 2. The largest absolute Gasteiger partial charge is 0.476 e. The summed E-state index contributed by atoms with van der Waals surface area (Å²) in [7, 11) is -2.99. The minimum atomic E-state index is -2.99. The lowest BCUT2D eigenvalue weighted by Gasteiger charge is -2.21. The summed E-state index contributed by atoms with van der Waals surface area (Å²) in [6.07, 6.45) is 2.28. The molecule has 2 aromatic rings. The van der Waals surface area contributed by atoms with Gasteiger partial charge in [0.25, 0.3) is 0 Å². The fraction of sp³-hybridized carbons (Fsp3) is 0.353. The van der Waals surface area contributed by atoms with Gasteiger partial charge in [-0.25, -0.2) is 17.9 Å². The molecule has 138 valence electrons. The quantitative estimate of drug-likeness (QED) is 0.803. The zero-order chi connectivity index (χ0) is 18.7. The molecular formula is C17H19N3O5S. The van der Waals surface area contributed by atoms with Crippen LogP contribution in [0.4, 0.5) is 0 Å². The van der Waals surface area contributed by atoms with E-state index in [1.807, 2.05) is 12.1 Å². The molecule has 2 N–H and O–H groups in total. The van der Waals surface area contributed by atoms with Gasteiger partial charge in [0.1, 0.15) is 9.84 Å². The Balaban J connectivity index is 1.62. The van der Waals surface area contributed by atoms with E-state index < -0.39 is 15.8 Å². The first-order valence-corrected chi connectivity index (χ1v) is 10.0. The summed E-state index contributed by atoms with van der Waals surface area (Å²) in [5.74, 6) is -1.39. The first-order valence-electron chi connectivity index (χ1n) is 8.20. The highest BCUT2D eigenvalue weighted by Gasteiger charge is 2.28. The number of carbonyl (C=O) groups is 2. The van der Waals surface area contributed by atoms with Crippen LogP contribution in [0.2, 0.25) is 0 Å². The van der Waals surface area contributed by atoms with Crippen LogP contribution in [0.15, 0.2) is 36.5 Å². The normalized spacial score (nSPS) is 16.9. The van der Waals surface area contributed by atoms with Crippen molar-refractivity contribution in [3.63, 3.8) is 0 Å². The Morgan fingerprint density at radius 1 is 1.23 bits per heavy atom. The molecule has 9 heteroatoms. The number of nitrogens with zero attached hydrogens (tertiary/aromatic N) is 2. The number of hydrogen-bond acceptors (Lipinski definition) is 5. The number of carbonyl (C=O) groups excluding carboxylic acids is 1. The predicted octanol–water partition coefficient (Wildman–Crippen LogP) is 1.01. The molecule has 1 aliphatic rings. The maximum absolute atomic E-state index is 12.2. The van der Waals surface area contributed by atoms with E-state index in [0.29, 0.717) is 25.1 Å². The number of carboxylic acid groups (broad SMARTS) is 1. The number of hydrogen-bond donors (Lipinski definition) is 2. The van der Waals surface area contributed by atoms with Crippen LogP contribution in [-0.2, 0) is 21.2 Å². The van der Waals surface area contributed by atoms with Gasteiger partial charge in [0, 0.05) is 18.7 Å². The molecule has 0 saturated carbocycles. The van der Waals surface area contributed by atoms with Crippen molar-refractivity contribution in [3.05, 3.63) is 47.8 Å². The van der Waals surface area contributed by atoms with Crippen LogP contribution in [0.1, 0.15) is 28.9 Å². The van der Waals surface area contributed by atoms with E-state index in [1.165, 1.54) is 10.7 Å². The number of carboxylic acids is 1. The van der Waals surface area contributed by atoms with Crippen LogP contribution in [0, 0.1) is 5.92 Å². The molecule has 3 rings (SSSR count). The van der Waals surface area contributed by atoms with Crippen molar-refractivity contribution < 1.29 is 23.1 Å². The average molecular weight is 377 g/mol. The summed E-state index contributed by atoms with van der Waals surface area (Å²) in [5, 5.41) is 15.8. The summed E-state index contributed by atoms with van der Waals surface area (Å²) < 4.78 is 24.3. The van der Waals surface area contributed by atoms with E-state index in [0.717, 1.165) is 5.56 Å². The summed E-state index contributed by atoms with van der Waals surface area (Å²) in [4.78, 5) is 23.1. The third-order valence-corrected chi connectivity index (χ3v) is 6.09. The minimum absolute atomic E-state index is 0.0454. The Bertz CT molecular complexity index is 921. The molecule has 0 aliphatic carbocycles. The van der Waals surface area contributed by atoms with Crippen molar-refractivity contribution in [1.82, 2.24) is 15.1 Å². The first-order chi connectivity index (χ1) is 12.3. The summed E-state index contributed by atoms with van der Waals surface area (Å²) in [5.41, 5.74) is 1.48. The number of rotatable bonds is 5. The van der Waals surface area contributed by atoms with Crippen molar-refractivity contribution in [2.75, 3.05) is 11.5 Å². The Labute approximate surface area is 150 Å². The third kappa shape index (κ3) is 4.29. The molecule has 2 heterocycles. The fourth-order valence-electron chi connectivity index (χ4n) is 2.88. The zero-order valence-electron chi connectivity index (χ0n) is 14.0. The summed E-state index contributed by atoms with van der Waals surface area (Å²) in [6.45, 7) is 0.309. The highest BCUT2D eigenvalue weighted by Crippen LogP contribution is 2.19. The number of nitrogens with one attached hydrogen (secondary N) is 1. The van der Waals surface area contributed by atoms with Crippen LogP contribution in [-0.4, -0.2) is 46.7 Å². The monoisotopic (exact) mass is 377 g/mol. The van der Waals surface area contributed by atoms with Gasteiger partial charge in [0.05, 0.1) is 17.2 Å². The van der Waals surface area contributed by atoms with Crippen molar-refractivity contribution in [2.24, 2.45) is 5.92 Å². The molecule has 26 heavy (non-hydrogen) atoms. The Hall–Kier alpha value is -2.68. The fourth-order valence-corrected chi connectivity index (χ4v) is 4.37. The molecule has 1 aromatic carbocycles. The van der Waals surface area contributed by atoms with Gasteiger partial charge >= 0.3 is 5.97 Å². The highest BCUT2D eigenvalue weighted by molar-refractivity contribution is 7.91. The molecule has 0 bridgehead atoms. The number of benzene rings is 1. The average Bonchev–Trinajstić information content (AvgIpc) is 3.10. The molecule has 0 atom stereocenters. The lowest BCUT2D eigenvalue weighted by atomic mass is 10.0. The van der Waals surface area contributed by atoms with E-state index in [-0.39, 0.29) is 29.0 Å². The van der Waals surface area contributed by atoms with Gasteiger partial charge in [-0.2, -0.15) is 5.10 Å². The lowest BCUT2D eigenvalue weighted by molar-refractivity contribution is -0.125. The van der Waals surface area contributed by atoms with E-state index in [1.54, 1.807) is 18.3 Å². The van der Waals surface area contributed by atoms with Gasteiger partial charge in [-0.15, -0.1) is 0 Å². The van der Waals surface area contributed by atoms with Gasteiger partial charge in [-0.1, -0.05) is 12.1 Å². The van der Waals surface area contributed by atoms with Crippen molar-refractivity contribution >= 4 is 21.7 Å². The molecule has 0 unspecified atom stereocenters. The van der Waals surface area contributed by atoms with Crippen molar-refractivity contribution in [3.8, 4) is 5.69 Å². The van der Waals surface area contributed by atoms with Gasteiger partial charge in [-0.05, 0) is 36.6 Å². The SMILES string of the molecule is O=C(O)c1ccn(-c2cccc(CNC(=O)C3CCS(=O)(=O)CC3)c2)n1. The topological polar surface area (TPSA) is 118 Å². The van der Waals surface area contributed by atoms with E-state index in [9.17, 15) is 18.0 Å². The maximum Gasteiger partial charge on any atom is 0.356 e. The van der Waals surface area contributed by atoms with Crippen LogP contribution >= 0.6 is 0 Å². The second-order valence-electron chi connectivity index (χ2n) is 6.26. The van der Waals surface area contributed by atoms with E-state index in [4.69, 9.17) is 5.11 Å². The van der Waals surface area contributed by atoms with Gasteiger partial charge in [0.15, 0.2) is 5.69 Å². The molecule has 1 amide bonds. The maximum atomic E-state index is 12.2. The van der Waals surface area contributed by atoms with Crippen LogP contribution in [0.25, 0.3) is 5.69 Å². The first kappa shape index (κ1) is 18.1. The molecule has 1 saturated heterocycles. The molecule has 0 spiro atoms. The minimum Gasteiger partial charge on any atom is -0.476 e. The van der Waals surface area contributed by atoms with Crippen LogP contribution in [0.3, 0.4) is 0 Å². The number of amides is 1. The van der Waals surface area contributed by atoms with Crippen molar-refractivity contribution in [1.29, 1.82) is 0 Å². The zero-order valence-corrected chi connectivity index (χ0v) is 14.8. The summed E-state index contributed by atoms with van der Waals surface area (Å²) >= 11 is 0. The van der Waals surface area contributed by atoms with Gasteiger partial charge in [0.2, 0.25) is 5.91 Å². The van der Waals surface area contributed by atoms with Crippen LogP contribution < -0.4 is 5.32 Å². The highest BCUT2D eigenvalue weighted by atomic mass is 32.2. The number of sulfone groups is 1. The van der Waals surface area contributed by atoms with Crippen molar-refractivity contribution in [2.45, 2.75) is 19.4 Å². The predicted molar refractivity (Wildman–Crippen MR) is 93.7 cm³/mol. The summed E-state index contributed by atoms with van der Waals surface area (Å²) in [6, 6.07) is 8.65. The number of aromatic carboxylic acids is 1. The molecule has 0 radical (unpaired) electrons. The van der Waals surface area contributed by atoms with Crippen LogP contribution in [0.5, 0.6) is 0 Å².